The Morgan fingerprint density at radius 3 is 1.33 bits per heavy atom. The molecule has 0 atom stereocenters. The third-order valence-electron chi connectivity index (χ3n) is 0.337. The standard InChI is InChI=1S/C2H5NO2.C2H3NO2.C2H4O2.Na.H/c1-3-2(4)5;3-1-2(4)5;1-2(3)4;;/h3H,1H3,(H,4,5);1,3H,(H,4,5);1H3,(H,3,4);;. The average Bonchev–Trinajstić information content (AvgIpc) is 2.04. The third kappa shape index (κ3) is 184. The zero-order chi connectivity index (χ0) is 12.1. The summed E-state index contributed by atoms with van der Waals surface area (Å²) in [6.07, 6.45) is -0.662. The Bertz CT molecular complexity index is 204. The van der Waals surface area contributed by atoms with Gasteiger partial charge in [-0.05, 0) is 0 Å². The second-order valence-electron chi connectivity index (χ2n) is 1.56. The molecule has 0 spiro atoms. The monoisotopic (exact) mass is 232 g/mol. The van der Waals surface area contributed by atoms with E-state index in [0.717, 1.165) is 6.92 Å². The van der Waals surface area contributed by atoms with Gasteiger partial charge >= 0.3 is 41.6 Å². The van der Waals surface area contributed by atoms with Gasteiger partial charge in [0.1, 0.15) is 6.21 Å². The molecule has 5 N–H and O–H groups in total. The van der Waals surface area contributed by atoms with Gasteiger partial charge in [-0.1, -0.05) is 0 Å². The van der Waals surface area contributed by atoms with E-state index >= 15 is 0 Å². The van der Waals surface area contributed by atoms with Crippen molar-refractivity contribution in [2.45, 2.75) is 6.92 Å². The number of aliphatic carboxylic acids is 2. The summed E-state index contributed by atoms with van der Waals surface area (Å²) in [6.45, 7) is 1.08. The Balaban J connectivity index is -0.0000000590. The first-order valence-electron chi connectivity index (χ1n) is 3.11. The second kappa shape index (κ2) is 18.6. The summed E-state index contributed by atoms with van der Waals surface area (Å²) in [4.78, 5) is 27.4. The molecule has 0 aliphatic heterocycles. The summed E-state index contributed by atoms with van der Waals surface area (Å²) < 4.78 is 0. The molecule has 1 amide bonds. The van der Waals surface area contributed by atoms with Crippen LogP contribution in [0.5, 0.6) is 0 Å². The van der Waals surface area contributed by atoms with Crippen LogP contribution in [0.25, 0.3) is 0 Å². The molecule has 0 aliphatic carbocycles. The quantitative estimate of drug-likeness (QED) is 0.290. The number of carbonyl (C=O) groups is 3. The van der Waals surface area contributed by atoms with Crippen molar-refractivity contribution in [2.75, 3.05) is 7.05 Å². The van der Waals surface area contributed by atoms with Gasteiger partial charge in [-0.25, -0.2) is 9.59 Å². The number of rotatable bonds is 1. The first-order chi connectivity index (χ1) is 6.27. The van der Waals surface area contributed by atoms with Crippen LogP contribution in [-0.2, 0) is 9.59 Å². The minimum absolute atomic E-state index is 0. The molecule has 0 aromatic rings. The molecule has 0 fully saturated rings. The summed E-state index contributed by atoms with van der Waals surface area (Å²) in [7, 11) is 1.35. The van der Waals surface area contributed by atoms with E-state index in [9.17, 15) is 4.79 Å². The van der Waals surface area contributed by atoms with Crippen LogP contribution in [0.15, 0.2) is 0 Å². The molecule has 0 aliphatic rings. The van der Waals surface area contributed by atoms with Gasteiger partial charge in [-0.2, -0.15) is 0 Å². The van der Waals surface area contributed by atoms with Crippen LogP contribution in [0.2, 0.25) is 0 Å². The molecule has 84 valence electrons. The van der Waals surface area contributed by atoms with Gasteiger partial charge in [0.05, 0.1) is 0 Å². The third-order valence-corrected chi connectivity index (χ3v) is 0.337. The number of carboxylic acid groups (broad SMARTS) is 3. The normalized spacial score (nSPS) is 6.00. The molecule has 0 heterocycles. The Morgan fingerprint density at radius 2 is 1.33 bits per heavy atom. The summed E-state index contributed by atoms with van der Waals surface area (Å²) in [5.41, 5.74) is 0. The molecule has 0 saturated heterocycles. The fourth-order valence-corrected chi connectivity index (χ4v) is 0. The van der Waals surface area contributed by atoms with Crippen LogP contribution in [0, 0.1) is 5.41 Å². The molecule has 0 radical (unpaired) electrons. The van der Waals surface area contributed by atoms with Gasteiger partial charge in [0, 0.05) is 14.0 Å². The topological polar surface area (TPSA) is 148 Å². The maximum absolute atomic E-state index is 9.26. The summed E-state index contributed by atoms with van der Waals surface area (Å²) in [5, 5.41) is 30.4. The minimum atomic E-state index is -1.20. The van der Waals surface area contributed by atoms with E-state index in [1.807, 2.05) is 5.32 Å². The van der Waals surface area contributed by atoms with Crippen molar-refractivity contribution in [3.8, 4) is 0 Å². The number of nitrogens with one attached hydrogen (secondary N) is 2. The number of hydrogen-bond donors (Lipinski definition) is 5. The van der Waals surface area contributed by atoms with Crippen molar-refractivity contribution in [1.82, 2.24) is 5.32 Å². The maximum atomic E-state index is 9.26. The molecule has 0 saturated carbocycles. The van der Waals surface area contributed by atoms with E-state index in [-0.39, 0.29) is 29.6 Å². The van der Waals surface area contributed by atoms with Crippen molar-refractivity contribution >= 4 is 53.8 Å². The molecule has 9 heteroatoms. The predicted molar refractivity (Wildman–Crippen MR) is 54.0 cm³/mol. The van der Waals surface area contributed by atoms with Crippen molar-refractivity contribution in [2.24, 2.45) is 0 Å². The van der Waals surface area contributed by atoms with E-state index < -0.39 is 18.0 Å². The van der Waals surface area contributed by atoms with Gasteiger partial charge in [0.25, 0.3) is 5.97 Å². The molecule has 0 unspecified atom stereocenters. The molecule has 15 heavy (non-hydrogen) atoms. The Kier molecular flexibility index (Phi) is 29.3. The van der Waals surface area contributed by atoms with Crippen molar-refractivity contribution in [3.63, 3.8) is 0 Å². The van der Waals surface area contributed by atoms with E-state index in [1.54, 1.807) is 0 Å². The molecule has 0 aromatic heterocycles. The predicted octanol–water partition coefficient (Wildman–Crippen LogP) is -0.953. The van der Waals surface area contributed by atoms with E-state index in [4.69, 9.17) is 30.3 Å². The van der Waals surface area contributed by atoms with Gasteiger partial charge in [0.15, 0.2) is 0 Å². The van der Waals surface area contributed by atoms with E-state index in [2.05, 4.69) is 0 Å². The van der Waals surface area contributed by atoms with Crippen LogP contribution >= 0.6 is 0 Å². The van der Waals surface area contributed by atoms with Crippen molar-refractivity contribution in [3.05, 3.63) is 0 Å². The number of carboxylic acids is 2. The zero-order valence-electron chi connectivity index (χ0n) is 7.64. The van der Waals surface area contributed by atoms with E-state index in [1.165, 1.54) is 7.05 Å². The van der Waals surface area contributed by atoms with Gasteiger partial charge in [0.2, 0.25) is 0 Å². The van der Waals surface area contributed by atoms with Gasteiger partial charge in [-0.15, -0.1) is 0 Å². The summed E-state index contributed by atoms with van der Waals surface area (Å²) >= 11 is 0. The summed E-state index contributed by atoms with van der Waals surface area (Å²) in [6, 6.07) is 0. The molecule has 0 rings (SSSR count). The molecule has 8 nitrogen and oxygen atoms in total. The van der Waals surface area contributed by atoms with E-state index in [0.29, 0.717) is 6.21 Å². The number of amides is 1. The van der Waals surface area contributed by atoms with Crippen LogP contribution < -0.4 is 5.32 Å². The molecule has 0 aromatic carbocycles. The van der Waals surface area contributed by atoms with Crippen LogP contribution in [-0.4, -0.2) is 76.2 Å². The number of hydrogen-bond acceptors (Lipinski definition) is 4. The first kappa shape index (κ1) is 23.6. The Hall–Kier alpha value is -1.12. The van der Waals surface area contributed by atoms with Crippen molar-refractivity contribution < 1.29 is 29.7 Å². The molecular weight excluding hydrogens is 219 g/mol. The second-order valence-corrected chi connectivity index (χ2v) is 1.56. The fourth-order valence-electron chi connectivity index (χ4n) is 0. The van der Waals surface area contributed by atoms with Crippen molar-refractivity contribution in [1.29, 1.82) is 5.41 Å². The van der Waals surface area contributed by atoms with Gasteiger partial charge < -0.3 is 26.0 Å². The van der Waals surface area contributed by atoms with Crippen LogP contribution in [0.1, 0.15) is 6.92 Å². The Labute approximate surface area is 108 Å². The van der Waals surface area contributed by atoms with Crippen LogP contribution in [0.3, 0.4) is 0 Å². The first-order valence-corrected chi connectivity index (χ1v) is 3.11. The van der Waals surface area contributed by atoms with Crippen LogP contribution in [0.4, 0.5) is 4.79 Å². The fraction of sp³-hybridized carbons (Fsp3) is 0.333. The molecular formula is C6H13N2NaO6. The zero-order valence-corrected chi connectivity index (χ0v) is 7.64. The SMILES string of the molecule is CC(=O)O.CNC(=O)O.N=CC(=O)O.[NaH]. The molecule has 0 bridgehead atoms. The van der Waals surface area contributed by atoms with Gasteiger partial charge in [-0.3, -0.25) is 4.79 Å². The summed E-state index contributed by atoms with van der Waals surface area (Å²) in [5.74, 6) is -2.04. The Morgan fingerprint density at radius 1 is 1.20 bits per heavy atom. The average molecular weight is 232 g/mol.